The molecule has 1 aromatic heterocycles. The van der Waals surface area contributed by atoms with Crippen molar-refractivity contribution in [1.82, 2.24) is 14.9 Å². The molecule has 3 rings (SSSR count). The highest BCUT2D eigenvalue weighted by Crippen LogP contribution is 2.27. The minimum Gasteiger partial charge on any atom is -0.337 e. The van der Waals surface area contributed by atoms with Gasteiger partial charge in [-0.05, 0) is 44.1 Å². The highest BCUT2D eigenvalue weighted by atomic mass is 19.2. The van der Waals surface area contributed by atoms with E-state index in [0.29, 0.717) is 17.2 Å². The molecule has 5 heteroatoms. The topological polar surface area (TPSA) is 29.9 Å². The van der Waals surface area contributed by atoms with Crippen LogP contribution in [0.2, 0.25) is 0 Å². The molecule has 0 radical (unpaired) electrons. The van der Waals surface area contributed by atoms with Gasteiger partial charge in [-0.2, -0.15) is 0 Å². The summed E-state index contributed by atoms with van der Waals surface area (Å²) in [6.07, 6.45) is 3.99. The molecule has 0 saturated carbocycles. The van der Waals surface area contributed by atoms with Crippen LogP contribution in [0.4, 0.5) is 8.78 Å². The second-order valence-electron chi connectivity index (χ2n) is 5.25. The summed E-state index contributed by atoms with van der Waals surface area (Å²) < 4.78 is 28.3. The Kier molecular flexibility index (Phi) is 3.53. The van der Waals surface area contributed by atoms with E-state index in [-0.39, 0.29) is 0 Å². The monoisotopic (exact) mass is 277 g/mol. The molecule has 2 heterocycles. The molecule has 0 atom stereocenters. The van der Waals surface area contributed by atoms with Gasteiger partial charge in [0.1, 0.15) is 5.82 Å². The number of imidazole rings is 1. The van der Waals surface area contributed by atoms with Crippen LogP contribution in [0.3, 0.4) is 0 Å². The number of benzene rings is 1. The van der Waals surface area contributed by atoms with Crippen molar-refractivity contribution in [1.29, 1.82) is 0 Å². The number of hydrogen-bond donors (Lipinski definition) is 1. The lowest BCUT2D eigenvalue weighted by Crippen LogP contribution is -2.27. The number of aryl methyl sites for hydroxylation is 1. The highest BCUT2D eigenvalue weighted by molar-refractivity contribution is 5.58. The Bertz CT molecular complexity index is 616. The molecule has 0 amide bonds. The van der Waals surface area contributed by atoms with E-state index in [9.17, 15) is 8.78 Å². The van der Waals surface area contributed by atoms with Crippen molar-refractivity contribution in [2.75, 3.05) is 13.1 Å². The van der Waals surface area contributed by atoms with Crippen LogP contribution in [0.25, 0.3) is 11.3 Å². The first-order chi connectivity index (χ1) is 9.65. The number of nitrogens with zero attached hydrogens (tertiary/aromatic N) is 2. The Morgan fingerprint density at radius 3 is 2.65 bits per heavy atom. The maximum atomic E-state index is 13.3. The summed E-state index contributed by atoms with van der Waals surface area (Å²) in [7, 11) is 1.95. The van der Waals surface area contributed by atoms with Gasteiger partial charge in [-0.15, -0.1) is 0 Å². The van der Waals surface area contributed by atoms with Crippen LogP contribution < -0.4 is 5.32 Å². The van der Waals surface area contributed by atoms with Gasteiger partial charge in [0.25, 0.3) is 0 Å². The summed E-state index contributed by atoms with van der Waals surface area (Å²) in [4.78, 5) is 4.62. The van der Waals surface area contributed by atoms with Crippen LogP contribution in [0.1, 0.15) is 24.6 Å². The molecule has 20 heavy (non-hydrogen) atoms. The van der Waals surface area contributed by atoms with E-state index in [2.05, 4.69) is 10.3 Å². The summed E-state index contributed by atoms with van der Waals surface area (Å²) in [5.41, 5.74) is 1.31. The fourth-order valence-corrected chi connectivity index (χ4v) is 2.73. The number of piperidine rings is 1. The third-order valence-electron chi connectivity index (χ3n) is 3.83. The molecule has 0 spiro atoms. The smallest absolute Gasteiger partial charge is 0.159 e. The Hall–Kier alpha value is -1.75. The van der Waals surface area contributed by atoms with E-state index in [1.54, 1.807) is 6.07 Å². The fraction of sp³-hybridized carbons (Fsp3) is 0.400. The third-order valence-corrected chi connectivity index (χ3v) is 3.83. The van der Waals surface area contributed by atoms with Crippen molar-refractivity contribution in [3.63, 3.8) is 0 Å². The lowest BCUT2D eigenvalue weighted by Gasteiger charge is -2.21. The molecule has 2 aromatic rings. The van der Waals surface area contributed by atoms with Gasteiger partial charge in [0.05, 0.1) is 5.69 Å². The van der Waals surface area contributed by atoms with Crippen molar-refractivity contribution in [3.8, 4) is 11.3 Å². The number of halogens is 2. The van der Waals surface area contributed by atoms with Gasteiger partial charge >= 0.3 is 0 Å². The molecule has 3 nitrogen and oxygen atoms in total. The molecule has 1 N–H and O–H groups in total. The highest BCUT2D eigenvalue weighted by Gasteiger charge is 2.20. The van der Waals surface area contributed by atoms with Crippen molar-refractivity contribution in [2.45, 2.75) is 18.8 Å². The summed E-state index contributed by atoms with van der Waals surface area (Å²) in [6, 6.07) is 3.90. The molecule has 1 aromatic carbocycles. The van der Waals surface area contributed by atoms with Gasteiger partial charge in [0.2, 0.25) is 0 Å². The zero-order valence-corrected chi connectivity index (χ0v) is 11.4. The number of hydrogen-bond acceptors (Lipinski definition) is 2. The van der Waals surface area contributed by atoms with E-state index in [1.807, 2.05) is 17.8 Å². The molecule has 0 bridgehead atoms. The van der Waals surface area contributed by atoms with Gasteiger partial charge in [-0.25, -0.2) is 13.8 Å². The van der Waals surface area contributed by atoms with Gasteiger partial charge in [0.15, 0.2) is 11.6 Å². The van der Waals surface area contributed by atoms with E-state index >= 15 is 0 Å². The van der Waals surface area contributed by atoms with Gasteiger partial charge in [-0.3, -0.25) is 0 Å². The Morgan fingerprint density at radius 1 is 1.20 bits per heavy atom. The Morgan fingerprint density at radius 2 is 1.95 bits per heavy atom. The predicted molar refractivity (Wildman–Crippen MR) is 73.4 cm³/mol. The Labute approximate surface area is 116 Å². The molecule has 1 saturated heterocycles. The number of aromatic nitrogens is 2. The van der Waals surface area contributed by atoms with Crippen molar-refractivity contribution in [3.05, 3.63) is 41.9 Å². The number of nitrogens with one attached hydrogen (secondary N) is 1. The standard InChI is InChI=1S/C15H17F2N3/c1-20-9-14(11-2-3-12(16)13(17)8-11)19-15(20)10-4-6-18-7-5-10/h2-3,8-10,18H,4-7H2,1H3. The van der Waals surface area contributed by atoms with E-state index in [1.165, 1.54) is 6.07 Å². The van der Waals surface area contributed by atoms with E-state index in [4.69, 9.17) is 0 Å². The minimum absolute atomic E-state index is 0.431. The largest absolute Gasteiger partial charge is 0.337 e. The minimum atomic E-state index is -0.837. The molecular formula is C15H17F2N3. The zero-order chi connectivity index (χ0) is 14.1. The van der Waals surface area contributed by atoms with E-state index in [0.717, 1.165) is 37.8 Å². The second kappa shape index (κ2) is 5.32. The Balaban J connectivity index is 1.93. The molecule has 1 fully saturated rings. The lowest BCUT2D eigenvalue weighted by atomic mass is 9.97. The molecule has 0 aliphatic carbocycles. The molecular weight excluding hydrogens is 260 g/mol. The molecule has 1 aliphatic heterocycles. The van der Waals surface area contributed by atoms with Gasteiger partial charge in [0, 0.05) is 24.7 Å². The average molecular weight is 277 g/mol. The number of rotatable bonds is 2. The van der Waals surface area contributed by atoms with Crippen molar-refractivity contribution >= 4 is 0 Å². The lowest BCUT2D eigenvalue weighted by molar-refractivity contribution is 0.437. The first kappa shape index (κ1) is 13.2. The summed E-state index contributed by atoms with van der Waals surface area (Å²) in [5, 5.41) is 3.33. The average Bonchev–Trinajstić information content (AvgIpc) is 2.85. The van der Waals surface area contributed by atoms with Gasteiger partial charge in [-0.1, -0.05) is 0 Å². The summed E-state index contributed by atoms with van der Waals surface area (Å²) in [6.45, 7) is 2.00. The quantitative estimate of drug-likeness (QED) is 0.914. The predicted octanol–water partition coefficient (Wildman–Crippen LogP) is 2.83. The third kappa shape index (κ3) is 2.45. The van der Waals surface area contributed by atoms with Gasteiger partial charge < -0.3 is 9.88 Å². The van der Waals surface area contributed by atoms with E-state index < -0.39 is 11.6 Å². The van der Waals surface area contributed by atoms with Crippen molar-refractivity contribution < 1.29 is 8.78 Å². The molecule has 1 aliphatic rings. The fourth-order valence-electron chi connectivity index (χ4n) is 2.73. The first-order valence-corrected chi connectivity index (χ1v) is 6.84. The van der Waals surface area contributed by atoms with Crippen LogP contribution in [-0.4, -0.2) is 22.6 Å². The van der Waals surface area contributed by atoms with Crippen LogP contribution in [0.5, 0.6) is 0 Å². The maximum Gasteiger partial charge on any atom is 0.159 e. The normalized spacial score (nSPS) is 16.6. The van der Waals surface area contributed by atoms with Crippen LogP contribution >= 0.6 is 0 Å². The van der Waals surface area contributed by atoms with Crippen LogP contribution in [0, 0.1) is 11.6 Å². The van der Waals surface area contributed by atoms with Crippen LogP contribution in [-0.2, 0) is 7.05 Å². The van der Waals surface area contributed by atoms with Crippen molar-refractivity contribution in [2.24, 2.45) is 7.05 Å². The first-order valence-electron chi connectivity index (χ1n) is 6.84. The molecule has 0 unspecified atom stereocenters. The zero-order valence-electron chi connectivity index (χ0n) is 11.4. The summed E-state index contributed by atoms with van der Waals surface area (Å²) >= 11 is 0. The molecule has 106 valence electrons. The second-order valence-corrected chi connectivity index (χ2v) is 5.25. The SMILES string of the molecule is Cn1cc(-c2ccc(F)c(F)c2)nc1C1CCNCC1. The maximum absolute atomic E-state index is 13.3. The summed E-state index contributed by atoms with van der Waals surface area (Å²) in [5.74, 6) is -0.216. The van der Waals surface area contributed by atoms with Crippen LogP contribution in [0.15, 0.2) is 24.4 Å².